The molecule has 3 aromatic rings. The molecule has 3 heterocycles. The van der Waals surface area contributed by atoms with Gasteiger partial charge in [-0.2, -0.15) is 13.2 Å². The number of aromatic nitrogens is 2. The van der Waals surface area contributed by atoms with Crippen LogP contribution >= 0.6 is 0 Å². The van der Waals surface area contributed by atoms with Crippen molar-refractivity contribution in [2.45, 2.75) is 45.3 Å². The molecule has 1 saturated heterocycles. The highest BCUT2D eigenvalue weighted by atomic mass is 19.4. The van der Waals surface area contributed by atoms with Crippen LogP contribution in [0.1, 0.15) is 46.8 Å². The molecule has 0 saturated carbocycles. The van der Waals surface area contributed by atoms with E-state index in [1.54, 1.807) is 7.11 Å². The Labute approximate surface area is 172 Å². The van der Waals surface area contributed by atoms with Gasteiger partial charge in [0.2, 0.25) is 0 Å². The van der Waals surface area contributed by atoms with Crippen LogP contribution in [-0.2, 0) is 12.7 Å². The number of fused-ring (bicyclic) bond motifs is 1. The zero-order chi connectivity index (χ0) is 21.5. The Hall–Kier alpha value is -2.61. The van der Waals surface area contributed by atoms with Crippen molar-refractivity contribution < 1.29 is 22.4 Å². The monoisotopic (exact) mass is 419 g/mol. The number of ether oxygens (including phenoxy) is 1. The summed E-state index contributed by atoms with van der Waals surface area (Å²) < 4.78 is 51.8. The van der Waals surface area contributed by atoms with Crippen molar-refractivity contribution in [1.82, 2.24) is 15.0 Å². The highest BCUT2D eigenvalue weighted by molar-refractivity contribution is 5.81. The average molecular weight is 419 g/mol. The van der Waals surface area contributed by atoms with Crippen LogP contribution in [0.25, 0.3) is 11.1 Å². The van der Waals surface area contributed by atoms with Crippen LogP contribution in [0.4, 0.5) is 13.2 Å². The summed E-state index contributed by atoms with van der Waals surface area (Å²) in [7, 11) is 1.65. The smallest absolute Gasteiger partial charge is 0.417 e. The van der Waals surface area contributed by atoms with Crippen molar-refractivity contribution in [2.75, 3.05) is 20.2 Å². The molecular weight excluding hydrogens is 395 g/mol. The fourth-order valence-electron chi connectivity index (χ4n) is 4.39. The third-order valence-electron chi connectivity index (χ3n) is 5.69. The van der Waals surface area contributed by atoms with E-state index in [2.05, 4.69) is 15.0 Å². The van der Waals surface area contributed by atoms with Gasteiger partial charge in [-0.15, -0.1) is 0 Å². The number of likely N-dealkylation sites (tertiary alicyclic amines) is 1. The van der Waals surface area contributed by atoms with E-state index in [1.165, 1.54) is 6.92 Å². The molecule has 1 aromatic carbocycles. The summed E-state index contributed by atoms with van der Waals surface area (Å²) in [6, 6.07) is 7.08. The van der Waals surface area contributed by atoms with E-state index in [-0.39, 0.29) is 22.7 Å². The maximum absolute atomic E-state index is 13.7. The third-order valence-corrected chi connectivity index (χ3v) is 5.69. The van der Waals surface area contributed by atoms with Crippen molar-refractivity contribution in [1.29, 1.82) is 0 Å². The summed E-state index contributed by atoms with van der Waals surface area (Å²) in [5, 5.41) is 4.03. The number of halogens is 3. The summed E-state index contributed by atoms with van der Waals surface area (Å²) in [6.07, 6.45) is -2.86. The minimum absolute atomic E-state index is 0.00640. The molecule has 1 unspecified atom stereocenters. The second-order valence-corrected chi connectivity index (χ2v) is 7.90. The number of hydrogen-bond donors (Lipinski definition) is 0. The molecule has 0 amide bonds. The molecule has 4 rings (SSSR count). The molecule has 0 radical (unpaired) electrons. The summed E-state index contributed by atoms with van der Waals surface area (Å²) in [4.78, 5) is 6.36. The highest BCUT2D eigenvalue weighted by Gasteiger charge is 2.37. The molecule has 0 bridgehead atoms. The van der Waals surface area contributed by atoms with Gasteiger partial charge in [0.25, 0.3) is 5.71 Å². The number of alkyl halides is 3. The third kappa shape index (κ3) is 3.88. The van der Waals surface area contributed by atoms with E-state index >= 15 is 0 Å². The van der Waals surface area contributed by atoms with Crippen LogP contribution in [0.2, 0.25) is 0 Å². The molecule has 1 aliphatic heterocycles. The first-order valence-electron chi connectivity index (χ1n) is 9.97. The molecule has 1 atom stereocenters. The normalized spacial score (nSPS) is 18.1. The number of nitrogens with zero attached hydrogens (tertiary/aromatic N) is 3. The van der Waals surface area contributed by atoms with Crippen molar-refractivity contribution >= 4 is 11.1 Å². The second kappa shape index (κ2) is 7.91. The van der Waals surface area contributed by atoms with Gasteiger partial charge in [0.1, 0.15) is 5.75 Å². The van der Waals surface area contributed by atoms with Crippen molar-refractivity contribution in [2.24, 2.45) is 0 Å². The zero-order valence-corrected chi connectivity index (χ0v) is 17.2. The van der Waals surface area contributed by atoms with Crippen LogP contribution in [0.5, 0.6) is 5.75 Å². The number of benzene rings is 1. The van der Waals surface area contributed by atoms with E-state index in [1.807, 2.05) is 25.1 Å². The molecule has 0 spiro atoms. The van der Waals surface area contributed by atoms with Gasteiger partial charge in [-0.3, -0.25) is 4.90 Å². The molecule has 1 fully saturated rings. The minimum atomic E-state index is -4.49. The standard InChI is InChI=1S/C22H24F3N3O2/c1-13-6-4-7-16(20(13)29-3)12-28-9-5-8-15(11-28)19-18-17(22(23,24)25)10-14(2)26-21(18)30-27-19/h4,6-7,10,15H,5,8-9,11-12H2,1-3H3. The topological polar surface area (TPSA) is 51.4 Å². The molecule has 0 aliphatic carbocycles. The predicted molar refractivity (Wildman–Crippen MR) is 107 cm³/mol. The summed E-state index contributed by atoms with van der Waals surface area (Å²) in [6.45, 7) is 5.66. The van der Waals surface area contributed by atoms with Crippen LogP contribution in [-0.4, -0.2) is 35.2 Å². The first-order chi connectivity index (χ1) is 14.3. The Bertz CT molecular complexity index is 1060. The Kier molecular flexibility index (Phi) is 5.44. The van der Waals surface area contributed by atoms with Gasteiger partial charge in [-0.25, -0.2) is 4.98 Å². The van der Waals surface area contributed by atoms with Gasteiger partial charge in [-0.1, -0.05) is 23.4 Å². The summed E-state index contributed by atoms with van der Waals surface area (Å²) >= 11 is 0. The van der Waals surface area contributed by atoms with E-state index < -0.39 is 11.7 Å². The number of methoxy groups -OCH3 is 1. The van der Waals surface area contributed by atoms with Crippen LogP contribution < -0.4 is 4.74 Å². The van der Waals surface area contributed by atoms with E-state index in [4.69, 9.17) is 9.26 Å². The van der Waals surface area contributed by atoms with Crippen LogP contribution in [0.15, 0.2) is 28.8 Å². The predicted octanol–water partition coefficient (Wildman–Crippen LogP) is 5.25. The number of aryl methyl sites for hydroxylation is 2. The second-order valence-electron chi connectivity index (χ2n) is 7.90. The molecule has 1 aliphatic rings. The van der Waals surface area contributed by atoms with E-state index in [9.17, 15) is 13.2 Å². The van der Waals surface area contributed by atoms with Crippen molar-refractivity contribution in [3.8, 4) is 5.75 Å². The zero-order valence-electron chi connectivity index (χ0n) is 17.2. The number of rotatable bonds is 4. The molecule has 160 valence electrons. The molecular formula is C22H24F3N3O2. The maximum atomic E-state index is 13.7. The first kappa shape index (κ1) is 20.7. The lowest BCUT2D eigenvalue weighted by molar-refractivity contribution is -0.136. The van der Waals surface area contributed by atoms with Crippen molar-refractivity contribution in [3.05, 3.63) is 52.3 Å². The Morgan fingerprint density at radius 2 is 2.07 bits per heavy atom. The summed E-state index contributed by atoms with van der Waals surface area (Å²) in [5.74, 6) is 0.701. The maximum Gasteiger partial charge on any atom is 0.417 e. The van der Waals surface area contributed by atoms with Gasteiger partial charge in [-0.05, 0) is 44.9 Å². The molecule has 5 nitrogen and oxygen atoms in total. The Morgan fingerprint density at radius 3 is 2.80 bits per heavy atom. The Morgan fingerprint density at radius 1 is 1.27 bits per heavy atom. The Balaban J connectivity index is 1.65. The largest absolute Gasteiger partial charge is 0.496 e. The first-order valence-corrected chi connectivity index (χ1v) is 9.97. The molecule has 8 heteroatoms. The van der Waals surface area contributed by atoms with Gasteiger partial charge in [0, 0.05) is 30.3 Å². The fourth-order valence-corrected chi connectivity index (χ4v) is 4.39. The van der Waals surface area contributed by atoms with Gasteiger partial charge in [0.15, 0.2) is 0 Å². The van der Waals surface area contributed by atoms with E-state index in [0.29, 0.717) is 18.8 Å². The highest BCUT2D eigenvalue weighted by Crippen LogP contribution is 2.40. The SMILES string of the molecule is COc1c(C)cccc1CN1CCCC(c2noc3nc(C)cc(C(F)(F)F)c23)C1. The quantitative estimate of drug-likeness (QED) is 0.578. The number of hydrogen-bond acceptors (Lipinski definition) is 5. The molecule has 0 N–H and O–H groups in total. The van der Waals surface area contributed by atoms with Crippen LogP contribution in [0, 0.1) is 13.8 Å². The molecule has 30 heavy (non-hydrogen) atoms. The lowest BCUT2D eigenvalue weighted by Crippen LogP contribution is -2.34. The van der Waals surface area contributed by atoms with E-state index in [0.717, 1.165) is 42.3 Å². The van der Waals surface area contributed by atoms with Gasteiger partial charge in [0.05, 0.1) is 23.8 Å². The van der Waals surface area contributed by atoms with Gasteiger partial charge >= 0.3 is 6.18 Å². The average Bonchev–Trinajstić information content (AvgIpc) is 3.10. The number of para-hydroxylation sites is 1. The molecule has 2 aromatic heterocycles. The van der Waals surface area contributed by atoms with Crippen LogP contribution in [0.3, 0.4) is 0 Å². The number of piperidine rings is 1. The fraction of sp³-hybridized carbons (Fsp3) is 0.455. The summed E-state index contributed by atoms with van der Waals surface area (Å²) in [5.41, 5.74) is 1.97. The lowest BCUT2D eigenvalue weighted by Gasteiger charge is -2.32. The minimum Gasteiger partial charge on any atom is -0.496 e. The van der Waals surface area contributed by atoms with Gasteiger partial charge < -0.3 is 9.26 Å². The lowest BCUT2D eigenvalue weighted by atomic mass is 9.91. The number of pyridine rings is 1. The van der Waals surface area contributed by atoms with Crippen molar-refractivity contribution in [3.63, 3.8) is 0 Å².